The van der Waals surface area contributed by atoms with Crippen LogP contribution in [0, 0.1) is 0 Å². The molecule has 0 aliphatic carbocycles. The van der Waals surface area contributed by atoms with Gasteiger partial charge in [0.15, 0.2) is 0 Å². The van der Waals surface area contributed by atoms with Gasteiger partial charge in [0.2, 0.25) is 11.8 Å². The first-order valence-corrected chi connectivity index (χ1v) is 10.4. The number of anilines is 1. The summed E-state index contributed by atoms with van der Waals surface area (Å²) in [6, 6.07) is 15.9. The largest absolute Gasteiger partial charge is 0.352 e. The lowest BCUT2D eigenvalue weighted by Crippen LogP contribution is -2.24. The molecular formula is C20H21BrN2O2S. The summed E-state index contributed by atoms with van der Waals surface area (Å²) in [5, 5.41) is 2.95. The minimum Gasteiger partial charge on any atom is -0.352 e. The normalized spacial score (nSPS) is 13.9. The zero-order valence-corrected chi connectivity index (χ0v) is 16.8. The molecule has 0 bridgehead atoms. The average Bonchev–Trinajstić information content (AvgIpc) is 3.08. The van der Waals surface area contributed by atoms with E-state index in [1.54, 1.807) is 11.8 Å². The number of amides is 2. The zero-order chi connectivity index (χ0) is 18.4. The van der Waals surface area contributed by atoms with Crippen LogP contribution in [0.25, 0.3) is 0 Å². The van der Waals surface area contributed by atoms with E-state index in [-0.39, 0.29) is 11.8 Å². The lowest BCUT2D eigenvalue weighted by atomic mass is 10.2. The number of thioether (sulfide) groups is 1. The van der Waals surface area contributed by atoms with Crippen molar-refractivity contribution >= 4 is 45.2 Å². The molecule has 4 nitrogen and oxygen atoms in total. The Morgan fingerprint density at radius 1 is 1.12 bits per heavy atom. The van der Waals surface area contributed by atoms with E-state index in [9.17, 15) is 9.59 Å². The Morgan fingerprint density at radius 3 is 2.50 bits per heavy atom. The van der Waals surface area contributed by atoms with Crippen molar-refractivity contribution in [3.8, 4) is 0 Å². The fourth-order valence-corrected chi connectivity index (χ4v) is 3.91. The van der Waals surface area contributed by atoms with E-state index in [1.165, 1.54) is 0 Å². The van der Waals surface area contributed by atoms with Crippen molar-refractivity contribution in [1.29, 1.82) is 0 Å². The molecule has 2 aromatic carbocycles. The van der Waals surface area contributed by atoms with Gasteiger partial charge >= 0.3 is 0 Å². The number of nitrogens with one attached hydrogen (secondary N) is 1. The van der Waals surface area contributed by atoms with Crippen molar-refractivity contribution < 1.29 is 9.59 Å². The van der Waals surface area contributed by atoms with Crippen molar-refractivity contribution in [3.05, 3.63) is 58.6 Å². The molecule has 1 heterocycles. The summed E-state index contributed by atoms with van der Waals surface area (Å²) < 4.78 is 1.06. The molecule has 3 rings (SSSR count). The van der Waals surface area contributed by atoms with Crippen molar-refractivity contribution in [1.82, 2.24) is 5.32 Å². The van der Waals surface area contributed by atoms with Gasteiger partial charge in [-0.15, -0.1) is 11.8 Å². The van der Waals surface area contributed by atoms with E-state index < -0.39 is 0 Å². The van der Waals surface area contributed by atoms with E-state index in [4.69, 9.17) is 0 Å². The first-order chi connectivity index (χ1) is 12.6. The highest BCUT2D eigenvalue weighted by atomic mass is 79.9. The molecule has 0 radical (unpaired) electrons. The summed E-state index contributed by atoms with van der Waals surface area (Å²) in [5.74, 6) is 0.992. The molecule has 1 N–H and O–H groups in total. The van der Waals surface area contributed by atoms with E-state index in [0.717, 1.165) is 39.3 Å². The number of hydrogen-bond acceptors (Lipinski definition) is 3. The molecule has 26 heavy (non-hydrogen) atoms. The summed E-state index contributed by atoms with van der Waals surface area (Å²) in [7, 11) is 0. The standard InChI is InChI=1S/C20H21BrN2O2S/c21-16-5-9-18(10-6-16)26-13-11-19(24)22-14-15-3-7-17(8-4-15)23-12-1-2-20(23)25/h3-10H,1-2,11-14H2,(H,22,24). The first kappa shape index (κ1) is 19.0. The second-order valence-electron chi connectivity index (χ2n) is 6.14. The Hall–Kier alpha value is -1.79. The Kier molecular flexibility index (Phi) is 6.74. The van der Waals surface area contributed by atoms with Crippen LogP contribution in [-0.2, 0) is 16.1 Å². The fourth-order valence-electron chi connectivity index (χ4n) is 2.80. The molecule has 2 aromatic rings. The quantitative estimate of drug-likeness (QED) is 0.660. The second kappa shape index (κ2) is 9.24. The monoisotopic (exact) mass is 432 g/mol. The van der Waals surface area contributed by atoms with E-state index >= 15 is 0 Å². The molecule has 6 heteroatoms. The Bertz CT molecular complexity index is 762. The summed E-state index contributed by atoms with van der Waals surface area (Å²) in [5.41, 5.74) is 1.97. The van der Waals surface area contributed by atoms with Gasteiger partial charge < -0.3 is 10.2 Å². The Labute approximate surface area is 166 Å². The van der Waals surface area contributed by atoms with E-state index in [1.807, 2.05) is 53.4 Å². The lowest BCUT2D eigenvalue weighted by molar-refractivity contribution is -0.121. The first-order valence-electron chi connectivity index (χ1n) is 8.66. The lowest BCUT2D eigenvalue weighted by Gasteiger charge is -2.16. The van der Waals surface area contributed by atoms with Gasteiger partial charge in [0, 0.05) is 46.7 Å². The minimum atomic E-state index is 0.0495. The van der Waals surface area contributed by atoms with E-state index in [2.05, 4.69) is 21.2 Å². The Balaban J connectivity index is 1.40. The zero-order valence-electron chi connectivity index (χ0n) is 14.4. The third kappa shape index (κ3) is 5.35. The van der Waals surface area contributed by atoms with Gasteiger partial charge in [-0.05, 0) is 48.4 Å². The highest BCUT2D eigenvalue weighted by Crippen LogP contribution is 2.22. The number of benzene rings is 2. The third-order valence-electron chi connectivity index (χ3n) is 4.22. The predicted octanol–water partition coefficient (Wildman–Crippen LogP) is 4.37. The van der Waals surface area contributed by atoms with Gasteiger partial charge in [-0.2, -0.15) is 0 Å². The van der Waals surface area contributed by atoms with Crippen molar-refractivity contribution in [2.45, 2.75) is 30.7 Å². The van der Waals surface area contributed by atoms with Crippen LogP contribution in [0.4, 0.5) is 5.69 Å². The average molecular weight is 433 g/mol. The topological polar surface area (TPSA) is 49.4 Å². The molecule has 0 atom stereocenters. The summed E-state index contributed by atoms with van der Waals surface area (Å²) >= 11 is 5.09. The summed E-state index contributed by atoms with van der Waals surface area (Å²) in [4.78, 5) is 26.7. The van der Waals surface area contributed by atoms with Gasteiger partial charge in [0.25, 0.3) is 0 Å². The van der Waals surface area contributed by atoms with Crippen LogP contribution >= 0.6 is 27.7 Å². The Morgan fingerprint density at radius 2 is 1.85 bits per heavy atom. The summed E-state index contributed by atoms with van der Waals surface area (Å²) in [6.45, 7) is 1.31. The molecular weight excluding hydrogens is 412 g/mol. The van der Waals surface area contributed by atoms with Crippen molar-refractivity contribution in [2.24, 2.45) is 0 Å². The number of halogens is 1. The number of hydrogen-bond donors (Lipinski definition) is 1. The van der Waals surface area contributed by atoms with Crippen LogP contribution < -0.4 is 10.2 Å². The fraction of sp³-hybridized carbons (Fsp3) is 0.300. The van der Waals surface area contributed by atoms with Gasteiger partial charge in [-0.1, -0.05) is 28.1 Å². The highest BCUT2D eigenvalue weighted by Gasteiger charge is 2.21. The number of carbonyl (C=O) groups is 2. The number of nitrogens with zero attached hydrogens (tertiary/aromatic N) is 1. The molecule has 0 saturated carbocycles. The maximum absolute atomic E-state index is 12.0. The molecule has 2 amide bonds. The molecule has 0 aromatic heterocycles. The van der Waals surface area contributed by atoms with Gasteiger partial charge in [-0.3, -0.25) is 9.59 Å². The van der Waals surface area contributed by atoms with Crippen LogP contribution in [0.5, 0.6) is 0 Å². The molecule has 0 spiro atoms. The van der Waals surface area contributed by atoms with Crippen LogP contribution in [0.3, 0.4) is 0 Å². The molecule has 1 aliphatic heterocycles. The highest BCUT2D eigenvalue weighted by molar-refractivity contribution is 9.10. The van der Waals surface area contributed by atoms with Gasteiger partial charge in [0.1, 0.15) is 0 Å². The maximum Gasteiger partial charge on any atom is 0.227 e. The van der Waals surface area contributed by atoms with Gasteiger partial charge in [-0.25, -0.2) is 0 Å². The van der Waals surface area contributed by atoms with Crippen LogP contribution in [0.2, 0.25) is 0 Å². The molecule has 136 valence electrons. The van der Waals surface area contributed by atoms with E-state index in [0.29, 0.717) is 19.4 Å². The van der Waals surface area contributed by atoms with Gasteiger partial charge in [0.05, 0.1) is 0 Å². The number of rotatable bonds is 7. The molecule has 1 aliphatic rings. The van der Waals surface area contributed by atoms with Crippen LogP contribution in [-0.4, -0.2) is 24.1 Å². The predicted molar refractivity (Wildman–Crippen MR) is 109 cm³/mol. The van der Waals surface area contributed by atoms with Crippen molar-refractivity contribution in [3.63, 3.8) is 0 Å². The smallest absolute Gasteiger partial charge is 0.227 e. The minimum absolute atomic E-state index is 0.0495. The maximum atomic E-state index is 12.0. The van der Waals surface area contributed by atoms with Crippen LogP contribution in [0.1, 0.15) is 24.8 Å². The molecule has 1 fully saturated rings. The SMILES string of the molecule is O=C(CCSc1ccc(Br)cc1)NCc1ccc(N2CCCC2=O)cc1. The van der Waals surface area contributed by atoms with Crippen LogP contribution in [0.15, 0.2) is 57.9 Å². The van der Waals surface area contributed by atoms with Crippen molar-refractivity contribution in [2.75, 3.05) is 17.2 Å². The summed E-state index contributed by atoms with van der Waals surface area (Å²) in [6.07, 6.45) is 2.05. The number of carbonyl (C=O) groups excluding carboxylic acids is 2. The second-order valence-corrected chi connectivity index (χ2v) is 8.23. The molecule has 0 unspecified atom stereocenters. The third-order valence-corrected chi connectivity index (χ3v) is 5.77. The molecule has 1 saturated heterocycles.